The predicted octanol–water partition coefficient (Wildman–Crippen LogP) is 4.35. The average Bonchev–Trinajstić information content (AvgIpc) is 2.81. The molecule has 1 unspecified atom stereocenters. The molecule has 0 saturated heterocycles. The lowest BCUT2D eigenvalue weighted by Gasteiger charge is -2.22. The van der Waals surface area contributed by atoms with Crippen LogP contribution in [0.5, 0.6) is 17.2 Å². The Kier molecular flexibility index (Phi) is 8.72. The fraction of sp³-hybridized carbons (Fsp3) is 0.296. The Labute approximate surface area is 195 Å². The van der Waals surface area contributed by atoms with Gasteiger partial charge in [-0.3, -0.25) is 0 Å². The summed E-state index contributed by atoms with van der Waals surface area (Å²) in [5.41, 5.74) is 2.40. The quantitative estimate of drug-likeness (QED) is 0.439. The van der Waals surface area contributed by atoms with Gasteiger partial charge >= 0.3 is 5.97 Å². The number of likely N-dealkylation sites (N-methyl/N-ethyl adjacent to an activating group) is 1. The molecule has 3 rings (SSSR count). The molecule has 0 aliphatic heterocycles. The molecule has 0 heterocycles. The number of phenolic OH excluding ortho intramolecular Hbond substituents is 1. The van der Waals surface area contributed by atoms with E-state index in [-0.39, 0.29) is 17.9 Å². The molecule has 0 fully saturated rings. The van der Waals surface area contributed by atoms with Gasteiger partial charge in [-0.1, -0.05) is 42.5 Å². The zero-order valence-electron chi connectivity index (χ0n) is 19.4. The van der Waals surface area contributed by atoms with E-state index in [9.17, 15) is 9.90 Å². The van der Waals surface area contributed by atoms with Crippen LogP contribution < -0.4 is 9.47 Å². The number of rotatable bonds is 11. The van der Waals surface area contributed by atoms with E-state index in [0.717, 1.165) is 29.9 Å². The summed E-state index contributed by atoms with van der Waals surface area (Å²) in [4.78, 5) is 14.5. The smallest absolute Gasteiger partial charge is 0.342 e. The number of methoxy groups -OCH3 is 1. The van der Waals surface area contributed by atoms with Gasteiger partial charge < -0.3 is 24.2 Å². The highest BCUT2D eigenvalue weighted by atomic mass is 16.6. The van der Waals surface area contributed by atoms with Crippen molar-refractivity contribution in [2.45, 2.75) is 18.9 Å². The van der Waals surface area contributed by atoms with E-state index in [1.165, 1.54) is 11.6 Å². The van der Waals surface area contributed by atoms with E-state index in [0.29, 0.717) is 6.54 Å². The second-order valence-electron chi connectivity index (χ2n) is 8.08. The minimum Gasteiger partial charge on any atom is -0.507 e. The van der Waals surface area contributed by atoms with Gasteiger partial charge in [0.25, 0.3) is 0 Å². The lowest BCUT2D eigenvalue weighted by atomic mass is 10.0. The van der Waals surface area contributed by atoms with Gasteiger partial charge in [0.1, 0.15) is 35.5 Å². The monoisotopic (exact) mass is 449 g/mol. The van der Waals surface area contributed by atoms with Crippen LogP contribution in [0.4, 0.5) is 0 Å². The fourth-order valence-corrected chi connectivity index (χ4v) is 3.53. The predicted molar refractivity (Wildman–Crippen MR) is 128 cm³/mol. The number of esters is 1. The van der Waals surface area contributed by atoms with Crippen LogP contribution in [0.2, 0.25) is 0 Å². The Bertz CT molecular complexity index is 1050. The molecule has 0 aliphatic rings. The Balaban J connectivity index is 1.65. The third kappa shape index (κ3) is 7.26. The van der Waals surface area contributed by atoms with Crippen molar-refractivity contribution in [2.24, 2.45) is 0 Å². The van der Waals surface area contributed by atoms with Crippen molar-refractivity contribution in [3.8, 4) is 17.2 Å². The molecule has 33 heavy (non-hydrogen) atoms. The molecule has 0 spiro atoms. The molecule has 0 radical (unpaired) electrons. The summed E-state index contributed by atoms with van der Waals surface area (Å²) in [5.74, 6) is 0.933. The number of carbonyl (C=O) groups excluding carboxylic acids is 1. The zero-order chi connectivity index (χ0) is 23.6. The van der Waals surface area contributed by atoms with Crippen molar-refractivity contribution in [1.29, 1.82) is 0 Å². The number of ether oxygens (including phenoxy) is 3. The van der Waals surface area contributed by atoms with E-state index >= 15 is 0 Å². The minimum absolute atomic E-state index is 0.102. The van der Waals surface area contributed by atoms with Crippen LogP contribution in [-0.2, 0) is 17.6 Å². The maximum absolute atomic E-state index is 12.6. The summed E-state index contributed by atoms with van der Waals surface area (Å²) >= 11 is 0. The summed E-state index contributed by atoms with van der Waals surface area (Å²) in [7, 11) is 5.48. The molecule has 3 aromatic carbocycles. The van der Waals surface area contributed by atoms with Crippen molar-refractivity contribution >= 4 is 5.97 Å². The summed E-state index contributed by atoms with van der Waals surface area (Å²) in [6, 6.07) is 22.3. The van der Waals surface area contributed by atoms with Crippen molar-refractivity contribution in [2.75, 3.05) is 34.4 Å². The number of hydrogen-bond donors (Lipinski definition) is 1. The Morgan fingerprint density at radius 3 is 2.48 bits per heavy atom. The molecule has 6 nitrogen and oxygen atoms in total. The van der Waals surface area contributed by atoms with Crippen molar-refractivity contribution in [1.82, 2.24) is 4.90 Å². The average molecular weight is 450 g/mol. The summed E-state index contributed by atoms with van der Waals surface area (Å²) in [6.45, 7) is 0.693. The molecule has 3 aromatic rings. The number of aromatic hydroxyl groups is 1. The standard InChI is InChI=1S/C27H31NO5/c1-28(2)18-23(33-27(30)24-12-5-6-13-25(24)29)19-32-26-14-7-4-10-21(26)16-15-20-9-8-11-22(17-20)31-3/h4-14,17,23,29H,15-16,18-19H2,1-3H3. The lowest BCUT2D eigenvalue weighted by molar-refractivity contribution is 0.0100. The second kappa shape index (κ2) is 11.9. The van der Waals surface area contributed by atoms with Gasteiger partial charge in [-0.25, -0.2) is 4.79 Å². The van der Waals surface area contributed by atoms with Crippen molar-refractivity contribution in [3.05, 3.63) is 89.5 Å². The van der Waals surface area contributed by atoms with E-state index in [4.69, 9.17) is 14.2 Å². The summed E-state index contributed by atoms with van der Waals surface area (Å²) in [5, 5.41) is 9.96. The Morgan fingerprint density at radius 2 is 1.73 bits per heavy atom. The van der Waals surface area contributed by atoms with Gasteiger partial charge in [0.05, 0.1) is 7.11 Å². The van der Waals surface area contributed by atoms with E-state index in [1.807, 2.05) is 61.5 Å². The van der Waals surface area contributed by atoms with Gasteiger partial charge in [0, 0.05) is 6.54 Å². The SMILES string of the molecule is COc1cccc(CCc2ccccc2OCC(CN(C)C)OC(=O)c2ccccc2O)c1. The van der Waals surface area contributed by atoms with Crippen molar-refractivity contribution in [3.63, 3.8) is 0 Å². The first-order valence-corrected chi connectivity index (χ1v) is 10.9. The number of phenols is 1. The molecular formula is C27H31NO5. The first-order chi connectivity index (χ1) is 16.0. The first-order valence-electron chi connectivity index (χ1n) is 10.9. The van der Waals surface area contributed by atoms with Gasteiger partial charge in [-0.2, -0.15) is 0 Å². The molecule has 174 valence electrons. The molecule has 1 atom stereocenters. The molecule has 0 saturated carbocycles. The highest BCUT2D eigenvalue weighted by Crippen LogP contribution is 2.23. The van der Waals surface area contributed by atoms with Gasteiger partial charge in [-0.15, -0.1) is 0 Å². The first kappa shape index (κ1) is 24.1. The molecule has 0 aromatic heterocycles. The third-order valence-electron chi connectivity index (χ3n) is 5.18. The number of nitrogens with zero attached hydrogens (tertiary/aromatic N) is 1. The number of hydrogen-bond acceptors (Lipinski definition) is 6. The van der Waals surface area contributed by atoms with Gasteiger partial charge in [-0.05, 0) is 68.4 Å². The minimum atomic E-state index is -0.574. The van der Waals surface area contributed by atoms with Gasteiger partial charge in [0.2, 0.25) is 0 Å². The number of carbonyl (C=O) groups is 1. The van der Waals surface area contributed by atoms with Crippen LogP contribution in [0, 0.1) is 0 Å². The zero-order valence-corrected chi connectivity index (χ0v) is 19.4. The normalized spacial score (nSPS) is 11.8. The highest BCUT2D eigenvalue weighted by Gasteiger charge is 2.20. The molecule has 0 aliphatic carbocycles. The number of para-hydroxylation sites is 2. The molecule has 0 amide bonds. The summed E-state index contributed by atoms with van der Waals surface area (Å²) in [6.07, 6.45) is 1.15. The second-order valence-corrected chi connectivity index (χ2v) is 8.08. The largest absolute Gasteiger partial charge is 0.507 e. The molecule has 1 N–H and O–H groups in total. The fourth-order valence-electron chi connectivity index (χ4n) is 3.53. The Morgan fingerprint density at radius 1 is 0.970 bits per heavy atom. The van der Waals surface area contributed by atoms with Gasteiger partial charge in [0.15, 0.2) is 0 Å². The number of aryl methyl sites for hydroxylation is 2. The van der Waals surface area contributed by atoms with E-state index < -0.39 is 12.1 Å². The topological polar surface area (TPSA) is 68.2 Å². The maximum Gasteiger partial charge on any atom is 0.342 e. The maximum atomic E-state index is 12.6. The third-order valence-corrected chi connectivity index (χ3v) is 5.18. The van der Waals surface area contributed by atoms with Crippen LogP contribution in [0.25, 0.3) is 0 Å². The van der Waals surface area contributed by atoms with Crippen LogP contribution in [-0.4, -0.2) is 56.4 Å². The lowest BCUT2D eigenvalue weighted by Crippen LogP contribution is -2.35. The van der Waals surface area contributed by atoms with Crippen LogP contribution in [0.3, 0.4) is 0 Å². The highest BCUT2D eigenvalue weighted by molar-refractivity contribution is 5.92. The van der Waals surface area contributed by atoms with Crippen LogP contribution in [0.15, 0.2) is 72.8 Å². The van der Waals surface area contributed by atoms with E-state index in [2.05, 4.69) is 6.07 Å². The van der Waals surface area contributed by atoms with E-state index in [1.54, 1.807) is 25.3 Å². The van der Waals surface area contributed by atoms with Crippen molar-refractivity contribution < 1.29 is 24.1 Å². The van der Waals surface area contributed by atoms with Crippen LogP contribution >= 0.6 is 0 Å². The number of benzene rings is 3. The molecular weight excluding hydrogens is 418 g/mol. The summed E-state index contributed by atoms with van der Waals surface area (Å²) < 4.78 is 17.1. The molecule has 0 bridgehead atoms. The Hall–Kier alpha value is -3.51. The van der Waals surface area contributed by atoms with Crippen LogP contribution in [0.1, 0.15) is 21.5 Å². The molecule has 6 heteroatoms.